The third-order valence-corrected chi connectivity index (χ3v) is 4.61. The molecule has 0 saturated carbocycles. The lowest BCUT2D eigenvalue weighted by Gasteiger charge is -2.16. The number of carbonyl (C=O) groups is 1. The summed E-state index contributed by atoms with van der Waals surface area (Å²) in [7, 11) is 0. The minimum atomic E-state index is -0.563. The number of benzene rings is 2. The summed E-state index contributed by atoms with van der Waals surface area (Å²) < 4.78 is 19.4. The number of rotatable bonds is 4. The second-order valence-corrected chi connectivity index (χ2v) is 6.52. The topological polar surface area (TPSA) is 55.1 Å². The molecule has 0 aliphatic carbocycles. The average Bonchev–Trinajstić information content (AvgIpc) is 2.96. The van der Waals surface area contributed by atoms with E-state index in [4.69, 9.17) is 16.1 Å². The van der Waals surface area contributed by atoms with Crippen LogP contribution in [0.3, 0.4) is 0 Å². The lowest BCUT2D eigenvalue weighted by atomic mass is 10.0. The zero-order valence-electron chi connectivity index (χ0n) is 14.6. The van der Waals surface area contributed by atoms with Gasteiger partial charge in [0.2, 0.25) is 0 Å². The van der Waals surface area contributed by atoms with Gasteiger partial charge < -0.3 is 9.84 Å². The Labute approximate surface area is 156 Å². The van der Waals surface area contributed by atoms with Crippen molar-refractivity contribution < 1.29 is 13.7 Å². The first-order valence-corrected chi connectivity index (χ1v) is 8.55. The number of aromatic nitrogens is 1. The molecule has 0 aliphatic rings. The molecule has 0 bridgehead atoms. The smallest absolute Gasteiger partial charge is 0.257 e. The zero-order chi connectivity index (χ0) is 18.8. The molecule has 2 aromatic carbocycles. The van der Waals surface area contributed by atoms with E-state index in [-0.39, 0.29) is 27.9 Å². The highest BCUT2D eigenvalue weighted by Gasteiger charge is 2.26. The van der Waals surface area contributed by atoms with Crippen molar-refractivity contribution in [1.29, 1.82) is 0 Å². The molecule has 0 aliphatic heterocycles. The number of nitrogens with one attached hydrogen (secondary N) is 1. The van der Waals surface area contributed by atoms with E-state index >= 15 is 0 Å². The molecular weight excluding hydrogens is 355 g/mol. The van der Waals surface area contributed by atoms with Crippen LogP contribution in [0, 0.1) is 19.7 Å². The molecule has 1 aromatic heterocycles. The Morgan fingerprint density at radius 1 is 1.19 bits per heavy atom. The normalized spacial score (nSPS) is 12.0. The molecule has 3 rings (SSSR count). The van der Waals surface area contributed by atoms with Crippen LogP contribution in [0.4, 0.5) is 4.39 Å². The Bertz CT molecular complexity index is 948. The van der Waals surface area contributed by atoms with Crippen molar-refractivity contribution >= 4 is 17.5 Å². The van der Waals surface area contributed by atoms with Crippen LogP contribution in [0.2, 0.25) is 5.02 Å². The quantitative estimate of drug-likeness (QED) is 0.681. The number of hydrogen-bond donors (Lipinski definition) is 1. The van der Waals surface area contributed by atoms with Gasteiger partial charge in [0.25, 0.3) is 5.91 Å². The lowest BCUT2D eigenvalue weighted by molar-refractivity contribution is 0.0939. The van der Waals surface area contributed by atoms with Gasteiger partial charge in [-0.05, 0) is 44.0 Å². The van der Waals surface area contributed by atoms with Crippen molar-refractivity contribution in [2.45, 2.75) is 26.8 Å². The van der Waals surface area contributed by atoms with E-state index in [2.05, 4.69) is 10.5 Å². The van der Waals surface area contributed by atoms with Crippen molar-refractivity contribution in [3.05, 3.63) is 75.8 Å². The van der Waals surface area contributed by atoms with Gasteiger partial charge in [0, 0.05) is 0 Å². The molecule has 0 radical (unpaired) electrons. The Kier molecular flexibility index (Phi) is 5.09. The van der Waals surface area contributed by atoms with E-state index in [9.17, 15) is 9.18 Å². The molecule has 1 heterocycles. The van der Waals surface area contributed by atoms with Crippen molar-refractivity contribution in [3.8, 4) is 11.3 Å². The Hall–Kier alpha value is -2.66. The highest BCUT2D eigenvalue weighted by atomic mass is 35.5. The maximum absolute atomic E-state index is 14.3. The lowest BCUT2D eigenvalue weighted by Crippen LogP contribution is -2.27. The zero-order valence-corrected chi connectivity index (χ0v) is 15.4. The molecule has 0 spiro atoms. The van der Waals surface area contributed by atoms with Crippen LogP contribution in [-0.4, -0.2) is 11.1 Å². The van der Waals surface area contributed by atoms with Crippen LogP contribution in [-0.2, 0) is 0 Å². The molecule has 3 aromatic rings. The fourth-order valence-electron chi connectivity index (χ4n) is 2.95. The summed E-state index contributed by atoms with van der Waals surface area (Å²) in [5.74, 6) is -0.658. The number of aryl methyl sites for hydroxylation is 2. The summed E-state index contributed by atoms with van der Waals surface area (Å²) >= 11 is 6.12. The molecule has 0 fully saturated rings. The van der Waals surface area contributed by atoms with E-state index in [1.54, 1.807) is 13.0 Å². The first-order valence-electron chi connectivity index (χ1n) is 8.17. The van der Waals surface area contributed by atoms with Gasteiger partial charge in [-0.25, -0.2) is 4.39 Å². The fourth-order valence-corrected chi connectivity index (χ4v) is 3.21. The van der Waals surface area contributed by atoms with Gasteiger partial charge in [-0.3, -0.25) is 4.79 Å². The predicted octanol–water partition coefficient (Wildman–Crippen LogP) is 5.24. The third kappa shape index (κ3) is 3.35. The van der Waals surface area contributed by atoms with Crippen molar-refractivity contribution in [1.82, 2.24) is 10.5 Å². The number of halogens is 2. The largest absolute Gasteiger partial charge is 0.360 e. The van der Waals surface area contributed by atoms with Crippen LogP contribution in [0.15, 0.2) is 47.0 Å². The Morgan fingerprint density at radius 3 is 2.62 bits per heavy atom. The van der Waals surface area contributed by atoms with Gasteiger partial charge >= 0.3 is 0 Å². The highest BCUT2D eigenvalue weighted by molar-refractivity contribution is 6.33. The van der Waals surface area contributed by atoms with Crippen molar-refractivity contribution in [2.24, 2.45) is 0 Å². The fraction of sp³-hybridized carbons (Fsp3) is 0.200. The molecule has 6 heteroatoms. The first-order chi connectivity index (χ1) is 12.4. The molecule has 4 nitrogen and oxygen atoms in total. The number of carbonyl (C=O) groups excluding carboxylic acids is 1. The minimum absolute atomic E-state index is 0.0553. The summed E-state index contributed by atoms with van der Waals surface area (Å²) in [6, 6.07) is 11.9. The van der Waals surface area contributed by atoms with Gasteiger partial charge in [0.1, 0.15) is 22.8 Å². The standard InChI is InChI=1S/C20H18ClFN2O2/c1-11-7-4-5-8-14(11)12(2)23-20(25)17-13(3)26-24-19(17)18-15(21)9-6-10-16(18)22/h4-10,12H,1-3H3,(H,23,25). The molecule has 0 saturated heterocycles. The minimum Gasteiger partial charge on any atom is -0.360 e. The third-order valence-electron chi connectivity index (χ3n) is 4.29. The Balaban J connectivity index is 1.97. The van der Waals surface area contributed by atoms with Gasteiger partial charge in [0.15, 0.2) is 0 Å². The number of hydrogen-bond acceptors (Lipinski definition) is 3. The van der Waals surface area contributed by atoms with Crippen LogP contribution in [0.1, 0.15) is 40.2 Å². The summed E-state index contributed by atoms with van der Waals surface area (Å²) in [5, 5.41) is 6.96. The van der Waals surface area contributed by atoms with Crippen LogP contribution >= 0.6 is 11.6 Å². The summed E-state index contributed by atoms with van der Waals surface area (Å²) in [5.41, 5.74) is 2.40. The maximum atomic E-state index is 14.3. The molecule has 134 valence electrons. The van der Waals surface area contributed by atoms with Gasteiger partial charge in [-0.2, -0.15) is 0 Å². The molecule has 1 amide bonds. The van der Waals surface area contributed by atoms with E-state index < -0.39 is 11.7 Å². The summed E-state index contributed by atoms with van der Waals surface area (Å²) in [4.78, 5) is 12.9. The maximum Gasteiger partial charge on any atom is 0.257 e. The average molecular weight is 373 g/mol. The first kappa shape index (κ1) is 18.1. The molecule has 1 N–H and O–H groups in total. The van der Waals surface area contributed by atoms with Gasteiger partial charge in [-0.15, -0.1) is 0 Å². The number of nitrogens with zero attached hydrogens (tertiary/aromatic N) is 1. The predicted molar refractivity (Wildman–Crippen MR) is 98.7 cm³/mol. The number of amides is 1. The SMILES string of the molecule is Cc1ccccc1C(C)NC(=O)c1c(-c2c(F)cccc2Cl)noc1C. The van der Waals surface area contributed by atoms with Crippen molar-refractivity contribution in [2.75, 3.05) is 0 Å². The van der Waals surface area contributed by atoms with Crippen LogP contribution in [0.25, 0.3) is 11.3 Å². The van der Waals surface area contributed by atoms with Crippen LogP contribution < -0.4 is 5.32 Å². The Morgan fingerprint density at radius 2 is 1.92 bits per heavy atom. The van der Waals surface area contributed by atoms with Crippen LogP contribution in [0.5, 0.6) is 0 Å². The molecular formula is C20H18ClFN2O2. The van der Waals surface area contributed by atoms with E-state index in [0.717, 1.165) is 11.1 Å². The monoisotopic (exact) mass is 372 g/mol. The summed E-state index contributed by atoms with van der Waals surface area (Å²) in [6.07, 6.45) is 0. The van der Waals surface area contributed by atoms with Crippen molar-refractivity contribution in [3.63, 3.8) is 0 Å². The second-order valence-electron chi connectivity index (χ2n) is 6.11. The van der Waals surface area contributed by atoms with Gasteiger partial charge in [-0.1, -0.05) is 47.1 Å². The van der Waals surface area contributed by atoms with E-state index in [0.29, 0.717) is 5.76 Å². The highest BCUT2D eigenvalue weighted by Crippen LogP contribution is 2.33. The van der Waals surface area contributed by atoms with Gasteiger partial charge in [0.05, 0.1) is 16.6 Å². The van der Waals surface area contributed by atoms with E-state index in [1.807, 2.05) is 38.1 Å². The second kappa shape index (κ2) is 7.30. The molecule has 1 unspecified atom stereocenters. The van der Waals surface area contributed by atoms with E-state index in [1.165, 1.54) is 12.1 Å². The summed E-state index contributed by atoms with van der Waals surface area (Å²) in [6.45, 7) is 5.48. The molecule has 26 heavy (non-hydrogen) atoms. The molecule has 1 atom stereocenters.